The summed E-state index contributed by atoms with van der Waals surface area (Å²) in [5.41, 5.74) is 0. The van der Waals surface area contributed by atoms with Crippen LogP contribution in [0.2, 0.25) is 0 Å². The number of hydrogen-bond donors (Lipinski definition) is 2. The maximum Gasteiger partial charge on any atom is 0.316 e. The zero-order chi connectivity index (χ0) is 15.4. The van der Waals surface area contributed by atoms with Crippen molar-refractivity contribution in [3.05, 3.63) is 5.82 Å². The molecule has 2 amide bonds. The number of thioether (sulfide) groups is 1. The van der Waals surface area contributed by atoms with Crippen molar-refractivity contribution in [2.75, 3.05) is 26.4 Å². The highest BCUT2D eigenvalue weighted by atomic mass is 32.2. The lowest BCUT2D eigenvalue weighted by Crippen LogP contribution is -2.36. The Labute approximate surface area is 126 Å². The lowest BCUT2D eigenvalue weighted by Gasteiger charge is -2.13. The number of rotatable bonds is 7. The van der Waals surface area contributed by atoms with Crippen LogP contribution in [0, 0.1) is 0 Å². The summed E-state index contributed by atoms with van der Waals surface area (Å²) in [5.74, 6) is 0.374. The van der Waals surface area contributed by atoms with Crippen molar-refractivity contribution < 1.29 is 14.7 Å². The fourth-order valence-corrected chi connectivity index (χ4v) is 2.51. The van der Waals surface area contributed by atoms with Crippen LogP contribution in [-0.4, -0.2) is 63.2 Å². The summed E-state index contributed by atoms with van der Waals surface area (Å²) in [6.07, 6.45) is 2.18. The highest BCUT2D eigenvalue weighted by Crippen LogP contribution is 2.39. The minimum absolute atomic E-state index is 0.0488. The van der Waals surface area contributed by atoms with Gasteiger partial charge in [0, 0.05) is 33.1 Å². The van der Waals surface area contributed by atoms with Gasteiger partial charge in [-0.3, -0.25) is 4.79 Å². The third-order valence-electron chi connectivity index (χ3n) is 3.03. The number of carboxylic acids is 1. The molecule has 21 heavy (non-hydrogen) atoms. The highest BCUT2D eigenvalue weighted by molar-refractivity contribution is 7.99. The van der Waals surface area contributed by atoms with Crippen molar-refractivity contribution in [2.45, 2.75) is 30.5 Å². The first-order chi connectivity index (χ1) is 9.99. The Morgan fingerprint density at radius 1 is 1.43 bits per heavy atom. The lowest BCUT2D eigenvalue weighted by molar-refractivity contribution is -0.133. The van der Waals surface area contributed by atoms with Crippen LogP contribution in [0.5, 0.6) is 0 Å². The molecule has 1 aromatic rings. The first-order valence-corrected chi connectivity index (χ1v) is 7.70. The molecule has 116 valence electrons. The third-order valence-corrected chi connectivity index (χ3v) is 3.98. The van der Waals surface area contributed by atoms with E-state index in [0.717, 1.165) is 30.4 Å². The molecule has 1 fully saturated rings. The molecule has 0 unspecified atom stereocenters. The van der Waals surface area contributed by atoms with Crippen molar-refractivity contribution in [2.24, 2.45) is 0 Å². The summed E-state index contributed by atoms with van der Waals surface area (Å²) in [5, 5.41) is 20.4. The largest absolute Gasteiger partial charge is 0.481 e. The molecule has 0 spiro atoms. The first kappa shape index (κ1) is 15.6. The molecule has 1 saturated carbocycles. The highest BCUT2D eigenvalue weighted by Gasteiger charge is 2.30. The van der Waals surface area contributed by atoms with Gasteiger partial charge in [0.05, 0.1) is 5.75 Å². The van der Waals surface area contributed by atoms with Gasteiger partial charge in [-0.1, -0.05) is 11.8 Å². The number of carbonyl (C=O) groups is 2. The van der Waals surface area contributed by atoms with Gasteiger partial charge < -0.3 is 19.9 Å². The number of hydrogen-bond acceptors (Lipinski definition) is 5. The lowest BCUT2D eigenvalue weighted by atomic mass is 10.4. The molecule has 0 radical (unpaired) electrons. The van der Waals surface area contributed by atoms with E-state index in [1.165, 1.54) is 4.90 Å². The van der Waals surface area contributed by atoms with E-state index in [1.807, 2.05) is 4.57 Å². The second-order valence-corrected chi connectivity index (χ2v) is 6.02. The maximum absolute atomic E-state index is 11.5. The number of urea groups is 1. The third kappa shape index (κ3) is 4.35. The first-order valence-electron chi connectivity index (χ1n) is 6.72. The molecule has 8 nitrogen and oxygen atoms in total. The van der Waals surface area contributed by atoms with Crippen LogP contribution in [-0.2, 0) is 11.3 Å². The molecule has 1 heterocycles. The second-order valence-electron chi connectivity index (χ2n) is 5.08. The zero-order valence-electron chi connectivity index (χ0n) is 12.1. The van der Waals surface area contributed by atoms with Gasteiger partial charge in [0.15, 0.2) is 5.16 Å². The van der Waals surface area contributed by atoms with E-state index in [2.05, 4.69) is 15.5 Å². The second kappa shape index (κ2) is 6.79. The Balaban J connectivity index is 1.99. The normalized spacial score (nSPS) is 14.0. The van der Waals surface area contributed by atoms with Gasteiger partial charge in [-0.2, -0.15) is 0 Å². The van der Waals surface area contributed by atoms with Crippen LogP contribution in [0.1, 0.15) is 24.6 Å². The van der Waals surface area contributed by atoms with Gasteiger partial charge >= 0.3 is 12.0 Å². The average Bonchev–Trinajstić information content (AvgIpc) is 3.18. The Morgan fingerprint density at radius 2 is 2.14 bits per heavy atom. The Bertz CT molecular complexity index is 527. The van der Waals surface area contributed by atoms with E-state index < -0.39 is 5.97 Å². The van der Waals surface area contributed by atoms with Crippen LogP contribution in [0.15, 0.2) is 5.16 Å². The fraction of sp³-hybridized carbons (Fsp3) is 0.667. The van der Waals surface area contributed by atoms with Crippen molar-refractivity contribution >= 4 is 23.8 Å². The molecule has 0 saturated heterocycles. The summed E-state index contributed by atoms with van der Waals surface area (Å²) < 4.78 is 1.92. The Kier molecular flexibility index (Phi) is 5.05. The topological polar surface area (TPSA) is 100 Å². The number of carboxylic acid groups (broad SMARTS) is 1. The van der Waals surface area contributed by atoms with Crippen LogP contribution in [0.3, 0.4) is 0 Å². The molecule has 1 aromatic heterocycles. The molecule has 2 N–H and O–H groups in total. The SMILES string of the molecule is CN(C)C(=O)NCCn1c(SCC(=O)O)nnc1C1CC1. The minimum atomic E-state index is -0.886. The molecule has 0 bridgehead atoms. The van der Waals surface area contributed by atoms with Crippen LogP contribution >= 0.6 is 11.8 Å². The summed E-state index contributed by atoms with van der Waals surface area (Å²) in [6.45, 7) is 0.996. The number of amides is 2. The quantitative estimate of drug-likeness (QED) is 0.715. The molecule has 0 aromatic carbocycles. The summed E-state index contributed by atoms with van der Waals surface area (Å²) in [4.78, 5) is 23.6. The molecule has 2 rings (SSSR count). The van der Waals surface area contributed by atoms with Gasteiger partial charge in [0.25, 0.3) is 0 Å². The van der Waals surface area contributed by atoms with E-state index >= 15 is 0 Å². The van der Waals surface area contributed by atoms with E-state index in [9.17, 15) is 9.59 Å². The maximum atomic E-state index is 11.5. The average molecular weight is 313 g/mol. The van der Waals surface area contributed by atoms with Gasteiger partial charge in [-0.15, -0.1) is 10.2 Å². The molecule has 1 aliphatic rings. The van der Waals surface area contributed by atoms with E-state index in [0.29, 0.717) is 24.2 Å². The molecule has 0 atom stereocenters. The smallest absolute Gasteiger partial charge is 0.316 e. The van der Waals surface area contributed by atoms with Gasteiger partial charge in [-0.25, -0.2) is 4.79 Å². The number of nitrogens with one attached hydrogen (secondary N) is 1. The molecular weight excluding hydrogens is 294 g/mol. The molecule has 1 aliphatic carbocycles. The van der Waals surface area contributed by atoms with Crippen LogP contribution in [0.25, 0.3) is 0 Å². The van der Waals surface area contributed by atoms with Gasteiger partial charge in [0.1, 0.15) is 5.82 Å². The summed E-state index contributed by atoms with van der Waals surface area (Å²) in [6, 6.07) is -0.157. The monoisotopic (exact) mass is 313 g/mol. The van der Waals surface area contributed by atoms with Crippen LogP contribution < -0.4 is 5.32 Å². The van der Waals surface area contributed by atoms with Crippen molar-refractivity contribution in [1.82, 2.24) is 25.0 Å². The zero-order valence-corrected chi connectivity index (χ0v) is 12.9. The number of aromatic nitrogens is 3. The van der Waals surface area contributed by atoms with E-state index in [-0.39, 0.29) is 11.8 Å². The van der Waals surface area contributed by atoms with Crippen molar-refractivity contribution in [3.8, 4) is 0 Å². The predicted molar refractivity (Wildman–Crippen MR) is 77.4 cm³/mol. The molecule has 0 aliphatic heterocycles. The van der Waals surface area contributed by atoms with Gasteiger partial charge in [0.2, 0.25) is 0 Å². The number of carbonyl (C=O) groups excluding carboxylic acids is 1. The molecular formula is C12H19N5O3S. The summed E-state index contributed by atoms with van der Waals surface area (Å²) >= 11 is 1.15. The van der Waals surface area contributed by atoms with Crippen molar-refractivity contribution in [1.29, 1.82) is 0 Å². The van der Waals surface area contributed by atoms with Crippen LogP contribution in [0.4, 0.5) is 4.79 Å². The Hall–Kier alpha value is -1.77. The van der Waals surface area contributed by atoms with Gasteiger partial charge in [-0.05, 0) is 12.8 Å². The molecule has 9 heteroatoms. The fourth-order valence-electron chi connectivity index (χ4n) is 1.82. The number of aliphatic carboxylic acids is 1. The number of nitrogens with zero attached hydrogens (tertiary/aromatic N) is 4. The predicted octanol–water partition coefficient (Wildman–Crippen LogP) is 0.603. The van der Waals surface area contributed by atoms with Crippen molar-refractivity contribution in [3.63, 3.8) is 0 Å². The van der Waals surface area contributed by atoms with E-state index in [4.69, 9.17) is 5.11 Å². The standard InChI is InChI=1S/C12H19N5O3S/c1-16(2)11(20)13-5-6-17-10(8-3-4-8)14-15-12(17)21-7-9(18)19/h8H,3-7H2,1-2H3,(H,13,20)(H,18,19). The summed E-state index contributed by atoms with van der Waals surface area (Å²) in [7, 11) is 3.36. The Morgan fingerprint density at radius 3 is 2.71 bits per heavy atom. The van der Waals surface area contributed by atoms with E-state index in [1.54, 1.807) is 14.1 Å². The minimum Gasteiger partial charge on any atom is -0.481 e.